The standard InChI is InChI=1S/C18H17F3N6O2S/c19-18(20,21)14-4-1-2-5-15(14)30(28,29)26-10-8-25(9-11-26)16-12-17(23-13-22-16)27-7-3-6-24-27/h1-7,12-13H,8-11H2. The molecule has 1 saturated heterocycles. The molecule has 2 aromatic heterocycles. The minimum absolute atomic E-state index is 0.0373. The van der Waals surface area contributed by atoms with Crippen LogP contribution in [0.5, 0.6) is 0 Å². The second kappa shape index (κ2) is 7.69. The SMILES string of the molecule is O=S(=O)(c1ccccc1C(F)(F)F)N1CCN(c2cc(-n3cccn3)ncn2)CC1. The minimum atomic E-state index is -4.75. The zero-order valence-corrected chi connectivity index (χ0v) is 16.4. The predicted molar refractivity (Wildman–Crippen MR) is 102 cm³/mol. The van der Waals surface area contributed by atoms with Crippen molar-refractivity contribution < 1.29 is 21.6 Å². The van der Waals surface area contributed by atoms with Crippen LogP contribution in [-0.4, -0.2) is 58.7 Å². The number of halogens is 3. The Labute approximate surface area is 170 Å². The van der Waals surface area contributed by atoms with Crippen molar-refractivity contribution in [2.45, 2.75) is 11.1 Å². The van der Waals surface area contributed by atoms with Gasteiger partial charge in [0, 0.05) is 44.6 Å². The molecule has 0 atom stereocenters. The molecule has 0 unspecified atom stereocenters. The van der Waals surface area contributed by atoms with E-state index in [0.717, 1.165) is 16.4 Å². The molecule has 3 heterocycles. The fourth-order valence-corrected chi connectivity index (χ4v) is 4.90. The normalized spacial score (nSPS) is 16.0. The molecule has 0 radical (unpaired) electrons. The molecule has 0 saturated carbocycles. The van der Waals surface area contributed by atoms with Gasteiger partial charge >= 0.3 is 6.18 Å². The molecule has 158 valence electrons. The zero-order valence-electron chi connectivity index (χ0n) is 15.6. The number of nitrogens with zero attached hydrogens (tertiary/aromatic N) is 6. The highest BCUT2D eigenvalue weighted by atomic mass is 32.2. The van der Waals surface area contributed by atoms with E-state index in [9.17, 15) is 21.6 Å². The Morgan fingerprint density at radius 2 is 1.63 bits per heavy atom. The van der Waals surface area contributed by atoms with E-state index in [1.807, 2.05) is 4.90 Å². The van der Waals surface area contributed by atoms with Crippen LogP contribution >= 0.6 is 0 Å². The van der Waals surface area contributed by atoms with Gasteiger partial charge in [-0.3, -0.25) is 0 Å². The molecule has 30 heavy (non-hydrogen) atoms. The minimum Gasteiger partial charge on any atom is -0.354 e. The summed E-state index contributed by atoms with van der Waals surface area (Å²) in [5.41, 5.74) is -1.16. The topological polar surface area (TPSA) is 84.2 Å². The molecule has 1 aliphatic heterocycles. The lowest BCUT2D eigenvalue weighted by Crippen LogP contribution is -2.49. The second-order valence-corrected chi connectivity index (χ2v) is 8.48. The maximum Gasteiger partial charge on any atom is 0.417 e. The van der Waals surface area contributed by atoms with Gasteiger partial charge in [0.15, 0.2) is 5.82 Å². The van der Waals surface area contributed by atoms with Crippen LogP contribution in [0, 0.1) is 0 Å². The van der Waals surface area contributed by atoms with E-state index in [1.54, 1.807) is 29.2 Å². The van der Waals surface area contributed by atoms with E-state index in [-0.39, 0.29) is 26.2 Å². The van der Waals surface area contributed by atoms with E-state index >= 15 is 0 Å². The molecule has 3 aromatic rings. The molecule has 12 heteroatoms. The molecule has 0 aliphatic carbocycles. The fraction of sp³-hybridized carbons (Fsp3) is 0.278. The lowest BCUT2D eigenvalue weighted by atomic mass is 10.2. The third-order valence-electron chi connectivity index (χ3n) is 4.75. The molecular formula is C18H17F3N6O2S. The lowest BCUT2D eigenvalue weighted by molar-refractivity contribution is -0.139. The Morgan fingerprint density at radius 1 is 0.933 bits per heavy atom. The monoisotopic (exact) mass is 438 g/mol. The van der Waals surface area contributed by atoms with E-state index < -0.39 is 26.7 Å². The number of alkyl halides is 3. The Hall–Kier alpha value is -2.99. The number of anilines is 1. The number of hydrogen-bond donors (Lipinski definition) is 0. The summed E-state index contributed by atoms with van der Waals surface area (Å²) in [6.07, 6.45) is -0.0245. The molecule has 0 spiro atoms. The van der Waals surface area contributed by atoms with Crippen molar-refractivity contribution in [3.8, 4) is 5.82 Å². The first-order chi connectivity index (χ1) is 14.3. The van der Waals surface area contributed by atoms with Gasteiger partial charge < -0.3 is 4.90 Å². The van der Waals surface area contributed by atoms with Crippen molar-refractivity contribution in [2.75, 3.05) is 31.1 Å². The molecule has 8 nitrogen and oxygen atoms in total. The van der Waals surface area contributed by atoms with Crippen LogP contribution in [0.25, 0.3) is 5.82 Å². The molecule has 1 aliphatic rings. The van der Waals surface area contributed by atoms with E-state index in [1.165, 1.54) is 18.5 Å². The summed E-state index contributed by atoms with van der Waals surface area (Å²) >= 11 is 0. The molecule has 1 fully saturated rings. The molecular weight excluding hydrogens is 421 g/mol. The maximum absolute atomic E-state index is 13.3. The average molecular weight is 438 g/mol. The van der Waals surface area contributed by atoms with Crippen molar-refractivity contribution in [1.82, 2.24) is 24.1 Å². The number of sulfonamides is 1. The number of piperazine rings is 1. The molecule has 4 rings (SSSR count). The van der Waals surface area contributed by atoms with Gasteiger partial charge in [0.05, 0.1) is 10.5 Å². The number of rotatable bonds is 4. The highest BCUT2D eigenvalue weighted by Crippen LogP contribution is 2.35. The number of benzene rings is 1. The number of aromatic nitrogens is 4. The van der Waals surface area contributed by atoms with Crippen LogP contribution in [-0.2, 0) is 16.2 Å². The molecule has 1 aromatic carbocycles. The summed E-state index contributed by atoms with van der Waals surface area (Å²) in [5, 5.41) is 4.11. The fourth-order valence-electron chi connectivity index (χ4n) is 3.26. The van der Waals surface area contributed by atoms with Gasteiger partial charge in [-0.25, -0.2) is 23.1 Å². The van der Waals surface area contributed by atoms with Crippen LogP contribution in [0.3, 0.4) is 0 Å². The summed E-state index contributed by atoms with van der Waals surface area (Å²) in [5.74, 6) is 1.14. The van der Waals surface area contributed by atoms with Gasteiger partial charge in [0.1, 0.15) is 12.1 Å². The van der Waals surface area contributed by atoms with Gasteiger partial charge in [0.2, 0.25) is 10.0 Å². The highest BCUT2D eigenvalue weighted by Gasteiger charge is 2.39. The summed E-state index contributed by atoms with van der Waals surface area (Å²) in [4.78, 5) is 9.50. The molecule has 0 amide bonds. The Morgan fingerprint density at radius 3 is 2.30 bits per heavy atom. The molecule has 0 bridgehead atoms. The third kappa shape index (κ3) is 3.87. The zero-order chi connectivity index (χ0) is 21.4. The van der Waals surface area contributed by atoms with Crippen molar-refractivity contribution in [3.05, 3.63) is 60.7 Å². The lowest BCUT2D eigenvalue weighted by Gasteiger charge is -2.35. The van der Waals surface area contributed by atoms with E-state index in [0.29, 0.717) is 11.6 Å². The van der Waals surface area contributed by atoms with Crippen LogP contribution in [0.2, 0.25) is 0 Å². The van der Waals surface area contributed by atoms with Crippen LogP contribution in [0.15, 0.2) is 60.0 Å². The van der Waals surface area contributed by atoms with Gasteiger partial charge in [0.25, 0.3) is 0 Å². The first kappa shape index (κ1) is 20.3. The van der Waals surface area contributed by atoms with Gasteiger partial charge in [-0.2, -0.15) is 22.6 Å². The van der Waals surface area contributed by atoms with Gasteiger partial charge in [-0.1, -0.05) is 12.1 Å². The van der Waals surface area contributed by atoms with Crippen LogP contribution < -0.4 is 4.90 Å². The predicted octanol–water partition coefficient (Wildman–Crippen LogP) is 2.19. The Bertz CT molecular complexity index is 1130. The Kier molecular flexibility index (Phi) is 5.20. The van der Waals surface area contributed by atoms with E-state index in [2.05, 4.69) is 15.1 Å². The van der Waals surface area contributed by atoms with Crippen molar-refractivity contribution >= 4 is 15.8 Å². The summed E-state index contributed by atoms with van der Waals surface area (Å²) in [6.45, 7) is 0.636. The number of hydrogen-bond acceptors (Lipinski definition) is 6. The maximum atomic E-state index is 13.3. The summed E-state index contributed by atoms with van der Waals surface area (Å²) in [7, 11) is -4.29. The second-order valence-electron chi connectivity index (χ2n) is 6.57. The van der Waals surface area contributed by atoms with Crippen molar-refractivity contribution in [1.29, 1.82) is 0 Å². The first-order valence-corrected chi connectivity index (χ1v) is 10.4. The van der Waals surface area contributed by atoms with Gasteiger partial charge in [-0.05, 0) is 18.2 Å². The van der Waals surface area contributed by atoms with Crippen LogP contribution in [0.4, 0.5) is 19.0 Å². The summed E-state index contributed by atoms with van der Waals surface area (Å²) < 4.78 is 68.2. The quantitative estimate of drug-likeness (QED) is 0.621. The van der Waals surface area contributed by atoms with Crippen LogP contribution in [0.1, 0.15) is 5.56 Å². The largest absolute Gasteiger partial charge is 0.417 e. The van der Waals surface area contributed by atoms with Crippen molar-refractivity contribution in [3.63, 3.8) is 0 Å². The smallest absolute Gasteiger partial charge is 0.354 e. The third-order valence-corrected chi connectivity index (χ3v) is 6.71. The molecule has 0 N–H and O–H groups in total. The Balaban J connectivity index is 1.52. The summed E-state index contributed by atoms with van der Waals surface area (Å²) in [6, 6.07) is 7.70. The average Bonchev–Trinajstić information content (AvgIpc) is 3.28. The van der Waals surface area contributed by atoms with E-state index in [4.69, 9.17) is 0 Å². The van der Waals surface area contributed by atoms with Crippen molar-refractivity contribution in [2.24, 2.45) is 0 Å². The van der Waals surface area contributed by atoms with Gasteiger partial charge in [-0.15, -0.1) is 0 Å². The first-order valence-electron chi connectivity index (χ1n) is 9.00. The highest BCUT2D eigenvalue weighted by molar-refractivity contribution is 7.89.